The number of para-hydroxylation sites is 1. The highest BCUT2D eigenvalue weighted by Gasteiger charge is 2.28. The fourth-order valence-corrected chi connectivity index (χ4v) is 3.46. The highest BCUT2D eigenvalue weighted by molar-refractivity contribution is 7.13. The van der Waals surface area contributed by atoms with E-state index in [4.69, 9.17) is 9.15 Å². The quantitative estimate of drug-likeness (QED) is 0.778. The van der Waals surface area contributed by atoms with Crippen LogP contribution in [0, 0.1) is 0 Å². The van der Waals surface area contributed by atoms with Crippen LogP contribution >= 0.6 is 11.3 Å². The number of aromatic nitrogens is 2. The molecule has 6 heteroatoms. The molecule has 2 atom stereocenters. The number of rotatable bonds is 5. The topological polar surface area (TPSA) is 60.2 Å². The number of hydrogen-bond acceptors (Lipinski definition) is 6. The Morgan fingerprint density at radius 1 is 1.26 bits per heavy atom. The Balaban J connectivity index is 1.40. The first kappa shape index (κ1) is 14.4. The summed E-state index contributed by atoms with van der Waals surface area (Å²) in [5.41, 5.74) is 1.26. The van der Waals surface area contributed by atoms with Crippen LogP contribution in [0.15, 0.2) is 46.2 Å². The van der Waals surface area contributed by atoms with Gasteiger partial charge in [-0.3, -0.25) is 0 Å². The molecular formula is C17H17N3O2S. The van der Waals surface area contributed by atoms with Crippen LogP contribution in [-0.2, 0) is 6.54 Å². The molecular weight excluding hydrogens is 310 g/mol. The predicted octanol–water partition coefficient (Wildman–Crippen LogP) is 3.45. The van der Waals surface area contributed by atoms with Gasteiger partial charge >= 0.3 is 0 Å². The van der Waals surface area contributed by atoms with Crippen molar-refractivity contribution in [3.05, 3.63) is 53.2 Å². The van der Waals surface area contributed by atoms with Crippen LogP contribution in [0.5, 0.6) is 5.75 Å². The zero-order valence-electron chi connectivity index (χ0n) is 12.7. The SMILES string of the molecule is C[C@H](NCc1nnc(-c2cccs2)o1)[C@@H]1COc2ccccc21. The minimum Gasteiger partial charge on any atom is -0.493 e. The summed E-state index contributed by atoms with van der Waals surface area (Å²) in [6, 6.07) is 12.4. The predicted molar refractivity (Wildman–Crippen MR) is 88.6 cm³/mol. The van der Waals surface area contributed by atoms with Gasteiger partial charge in [-0.15, -0.1) is 21.5 Å². The van der Waals surface area contributed by atoms with Crippen molar-refractivity contribution in [1.82, 2.24) is 15.5 Å². The Labute approximate surface area is 138 Å². The zero-order chi connectivity index (χ0) is 15.6. The normalized spacial score (nSPS) is 17.7. The molecule has 5 nitrogen and oxygen atoms in total. The lowest BCUT2D eigenvalue weighted by molar-refractivity contribution is 0.300. The van der Waals surface area contributed by atoms with E-state index < -0.39 is 0 Å². The van der Waals surface area contributed by atoms with E-state index in [0.29, 0.717) is 30.9 Å². The summed E-state index contributed by atoms with van der Waals surface area (Å²) < 4.78 is 11.5. The Bertz CT molecular complexity index is 785. The molecule has 0 amide bonds. The average molecular weight is 327 g/mol. The molecule has 1 N–H and O–H groups in total. The van der Waals surface area contributed by atoms with Gasteiger partial charge in [0.25, 0.3) is 5.89 Å². The molecule has 0 saturated heterocycles. The molecule has 23 heavy (non-hydrogen) atoms. The van der Waals surface area contributed by atoms with Crippen molar-refractivity contribution < 1.29 is 9.15 Å². The minimum atomic E-state index is 0.260. The fraction of sp³-hybridized carbons (Fsp3) is 0.294. The maximum atomic E-state index is 5.75. The molecule has 0 radical (unpaired) electrons. The largest absolute Gasteiger partial charge is 0.493 e. The Morgan fingerprint density at radius 2 is 2.17 bits per heavy atom. The van der Waals surface area contributed by atoms with Crippen LogP contribution < -0.4 is 10.1 Å². The van der Waals surface area contributed by atoms with Crippen molar-refractivity contribution in [3.8, 4) is 16.5 Å². The molecule has 1 aliphatic heterocycles. The van der Waals surface area contributed by atoms with Gasteiger partial charge in [0.15, 0.2) is 0 Å². The maximum Gasteiger partial charge on any atom is 0.257 e. The van der Waals surface area contributed by atoms with Crippen LogP contribution in [0.3, 0.4) is 0 Å². The number of thiophene rings is 1. The Morgan fingerprint density at radius 3 is 3.04 bits per heavy atom. The molecule has 0 unspecified atom stereocenters. The van der Waals surface area contributed by atoms with Gasteiger partial charge in [-0.2, -0.15) is 0 Å². The van der Waals surface area contributed by atoms with Crippen molar-refractivity contribution in [2.75, 3.05) is 6.61 Å². The summed E-state index contributed by atoms with van der Waals surface area (Å²) in [4.78, 5) is 0.995. The maximum absolute atomic E-state index is 5.75. The monoisotopic (exact) mass is 327 g/mol. The first-order valence-electron chi connectivity index (χ1n) is 7.62. The lowest BCUT2D eigenvalue weighted by Crippen LogP contribution is -2.32. The third-order valence-electron chi connectivity index (χ3n) is 4.11. The van der Waals surface area contributed by atoms with E-state index in [1.807, 2.05) is 29.6 Å². The fourth-order valence-electron chi connectivity index (χ4n) is 2.82. The molecule has 0 aliphatic carbocycles. The smallest absolute Gasteiger partial charge is 0.257 e. The van der Waals surface area contributed by atoms with E-state index in [0.717, 1.165) is 10.6 Å². The number of ether oxygens (including phenoxy) is 1. The molecule has 1 aliphatic rings. The second-order valence-corrected chi connectivity index (χ2v) is 6.55. The molecule has 4 rings (SSSR count). The molecule has 3 heterocycles. The lowest BCUT2D eigenvalue weighted by atomic mass is 9.94. The third-order valence-corrected chi connectivity index (χ3v) is 4.97. The van der Waals surface area contributed by atoms with Crippen LogP contribution in [0.1, 0.15) is 24.3 Å². The number of benzene rings is 1. The van der Waals surface area contributed by atoms with Gasteiger partial charge < -0.3 is 14.5 Å². The van der Waals surface area contributed by atoms with Gasteiger partial charge in [-0.05, 0) is 24.4 Å². The van der Waals surface area contributed by atoms with Crippen LogP contribution in [0.4, 0.5) is 0 Å². The number of nitrogens with zero attached hydrogens (tertiary/aromatic N) is 2. The van der Waals surface area contributed by atoms with Crippen LogP contribution in [0.2, 0.25) is 0 Å². The van der Waals surface area contributed by atoms with E-state index in [9.17, 15) is 0 Å². The molecule has 0 bridgehead atoms. The minimum absolute atomic E-state index is 0.260. The highest BCUT2D eigenvalue weighted by Crippen LogP contribution is 2.35. The summed E-state index contributed by atoms with van der Waals surface area (Å²) in [5, 5.41) is 13.7. The second kappa shape index (κ2) is 6.14. The van der Waals surface area contributed by atoms with E-state index in [2.05, 4.69) is 34.6 Å². The summed E-state index contributed by atoms with van der Waals surface area (Å²) in [7, 11) is 0. The second-order valence-electron chi connectivity index (χ2n) is 5.60. The van der Waals surface area contributed by atoms with Crippen LogP contribution in [0.25, 0.3) is 10.8 Å². The van der Waals surface area contributed by atoms with Gasteiger partial charge in [0.1, 0.15) is 5.75 Å². The van der Waals surface area contributed by atoms with Gasteiger partial charge in [0.05, 0.1) is 18.0 Å². The van der Waals surface area contributed by atoms with E-state index in [1.54, 1.807) is 11.3 Å². The first-order chi connectivity index (χ1) is 11.3. The average Bonchev–Trinajstić information content (AvgIpc) is 3.31. The van der Waals surface area contributed by atoms with Crippen molar-refractivity contribution in [3.63, 3.8) is 0 Å². The number of nitrogens with one attached hydrogen (secondary N) is 1. The van der Waals surface area contributed by atoms with Crippen molar-refractivity contribution in [1.29, 1.82) is 0 Å². The molecule has 0 fully saturated rings. The van der Waals surface area contributed by atoms with Crippen molar-refractivity contribution in [2.45, 2.75) is 25.4 Å². The standard InChI is InChI=1S/C17H17N3O2S/c1-11(13-10-21-14-6-3-2-5-12(13)14)18-9-16-19-20-17(22-16)15-7-4-8-23-15/h2-8,11,13,18H,9-10H2,1H3/t11-,13-/m0/s1. The highest BCUT2D eigenvalue weighted by atomic mass is 32.1. The molecule has 0 saturated carbocycles. The molecule has 0 spiro atoms. The van der Waals surface area contributed by atoms with Crippen molar-refractivity contribution in [2.24, 2.45) is 0 Å². The Hall–Kier alpha value is -2.18. The van der Waals surface area contributed by atoms with Gasteiger partial charge in [0.2, 0.25) is 5.89 Å². The molecule has 118 valence electrons. The zero-order valence-corrected chi connectivity index (χ0v) is 13.5. The third kappa shape index (κ3) is 2.87. The number of fused-ring (bicyclic) bond motifs is 1. The van der Waals surface area contributed by atoms with Gasteiger partial charge in [-0.1, -0.05) is 24.3 Å². The van der Waals surface area contributed by atoms with E-state index >= 15 is 0 Å². The summed E-state index contributed by atoms with van der Waals surface area (Å²) in [6.45, 7) is 3.42. The molecule has 1 aromatic carbocycles. The Kier molecular flexibility index (Phi) is 3.85. The summed E-state index contributed by atoms with van der Waals surface area (Å²) in [5.74, 6) is 2.52. The van der Waals surface area contributed by atoms with Gasteiger partial charge in [-0.25, -0.2) is 0 Å². The van der Waals surface area contributed by atoms with Crippen molar-refractivity contribution >= 4 is 11.3 Å². The number of hydrogen-bond donors (Lipinski definition) is 1. The molecule has 2 aromatic heterocycles. The molecule has 3 aromatic rings. The van der Waals surface area contributed by atoms with E-state index in [1.165, 1.54) is 5.56 Å². The summed E-state index contributed by atoms with van der Waals surface area (Å²) >= 11 is 1.59. The van der Waals surface area contributed by atoms with Gasteiger partial charge in [0, 0.05) is 17.5 Å². The summed E-state index contributed by atoms with van der Waals surface area (Å²) in [6.07, 6.45) is 0. The first-order valence-corrected chi connectivity index (χ1v) is 8.50. The lowest BCUT2D eigenvalue weighted by Gasteiger charge is -2.18. The van der Waals surface area contributed by atoms with E-state index in [-0.39, 0.29) is 6.04 Å². The van der Waals surface area contributed by atoms with Crippen LogP contribution in [-0.4, -0.2) is 22.8 Å².